The fourth-order valence-electron chi connectivity index (χ4n) is 4.99. The maximum Gasteiger partial charge on any atom is 0.329 e. The van der Waals surface area contributed by atoms with Gasteiger partial charge >= 0.3 is 5.69 Å². The quantitative estimate of drug-likeness (QED) is 0.809. The van der Waals surface area contributed by atoms with E-state index in [4.69, 9.17) is 0 Å². The number of piperazine rings is 1. The van der Waals surface area contributed by atoms with Gasteiger partial charge in [-0.25, -0.2) is 4.79 Å². The Hall–Kier alpha value is -1.83. The van der Waals surface area contributed by atoms with E-state index in [0.29, 0.717) is 0 Å². The maximum absolute atomic E-state index is 12.9. The Morgan fingerprint density at radius 1 is 1.04 bits per heavy atom. The second kappa shape index (κ2) is 7.54. The molecule has 1 aromatic carbocycles. The van der Waals surface area contributed by atoms with Gasteiger partial charge in [0.2, 0.25) is 0 Å². The minimum absolute atomic E-state index is 0.111. The third-order valence-electron chi connectivity index (χ3n) is 6.83. The molecule has 1 unspecified atom stereocenters. The first-order valence-corrected chi connectivity index (χ1v) is 10.8. The second-order valence-corrected chi connectivity index (χ2v) is 8.70. The zero-order chi connectivity index (χ0) is 19.1. The Bertz CT molecular complexity index is 884. The highest BCUT2D eigenvalue weighted by Crippen LogP contribution is 2.26. The molecule has 0 aliphatic carbocycles. The van der Waals surface area contributed by atoms with Crippen LogP contribution in [-0.4, -0.2) is 72.9 Å². The van der Waals surface area contributed by atoms with Gasteiger partial charge in [0.1, 0.15) is 0 Å². The Balaban J connectivity index is 1.35. The third-order valence-corrected chi connectivity index (χ3v) is 6.83. The van der Waals surface area contributed by atoms with E-state index in [1.54, 1.807) is 0 Å². The van der Waals surface area contributed by atoms with E-state index in [1.807, 2.05) is 16.2 Å². The van der Waals surface area contributed by atoms with Crippen molar-refractivity contribution in [3.8, 4) is 0 Å². The summed E-state index contributed by atoms with van der Waals surface area (Å²) in [6, 6.07) is 6.85. The van der Waals surface area contributed by atoms with Crippen LogP contribution in [0.2, 0.25) is 0 Å². The van der Waals surface area contributed by atoms with Gasteiger partial charge in [0, 0.05) is 65.1 Å². The summed E-state index contributed by atoms with van der Waals surface area (Å²) in [5, 5.41) is 6.80. The molecule has 2 N–H and O–H groups in total. The molecule has 4 heterocycles. The van der Waals surface area contributed by atoms with Crippen LogP contribution in [0.15, 0.2) is 23.0 Å². The number of nitrogens with zero attached hydrogens (tertiary/aromatic N) is 4. The fourth-order valence-corrected chi connectivity index (χ4v) is 4.99. The molecule has 0 bridgehead atoms. The Morgan fingerprint density at radius 3 is 2.54 bits per heavy atom. The normalized spacial score (nSPS) is 24.6. The van der Waals surface area contributed by atoms with Crippen LogP contribution >= 0.6 is 0 Å². The monoisotopic (exact) mass is 384 g/mol. The number of aryl methyl sites for hydroxylation is 1. The Kier molecular flexibility index (Phi) is 4.90. The van der Waals surface area contributed by atoms with Gasteiger partial charge in [-0.3, -0.25) is 14.0 Å². The molecular formula is C21H32N6O. The molecule has 3 aliphatic rings. The van der Waals surface area contributed by atoms with E-state index in [1.165, 1.54) is 25.3 Å². The molecule has 7 nitrogen and oxygen atoms in total. The first kappa shape index (κ1) is 18.2. The van der Waals surface area contributed by atoms with Crippen LogP contribution in [0.1, 0.15) is 18.9 Å². The third kappa shape index (κ3) is 3.25. The lowest BCUT2D eigenvalue weighted by atomic mass is 10.0. The van der Waals surface area contributed by atoms with Crippen molar-refractivity contribution in [3.05, 3.63) is 28.7 Å². The number of fused-ring (bicyclic) bond motifs is 1. The molecule has 3 saturated heterocycles. The first-order valence-electron chi connectivity index (χ1n) is 10.8. The van der Waals surface area contributed by atoms with Crippen LogP contribution in [0.4, 0.5) is 5.69 Å². The molecule has 152 valence electrons. The van der Waals surface area contributed by atoms with Crippen LogP contribution < -0.4 is 21.2 Å². The minimum Gasteiger partial charge on any atom is -0.369 e. The van der Waals surface area contributed by atoms with Crippen molar-refractivity contribution in [1.29, 1.82) is 0 Å². The zero-order valence-corrected chi connectivity index (χ0v) is 16.9. The fraction of sp³-hybridized carbons (Fsp3) is 0.667. The summed E-state index contributed by atoms with van der Waals surface area (Å²) in [5.74, 6) is 0.839. The number of piperidine rings is 1. The highest BCUT2D eigenvalue weighted by Gasteiger charge is 2.25. The average Bonchev–Trinajstić information content (AvgIpc) is 2.96. The van der Waals surface area contributed by atoms with Crippen LogP contribution in [0, 0.1) is 5.92 Å². The predicted octanol–water partition coefficient (Wildman–Crippen LogP) is 0.606. The molecule has 1 atom stereocenters. The largest absolute Gasteiger partial charge is 0.369 e. The molecule has 0 amide bonds. The van der Waals surface area contributed by atoms with Crippen molar-refractivity contribution in [2.24, 2.45) is 13.0 Å². The van der Waals surface area contributed by atoms with E-state index in [9.17, 15) is 4.79 Å². The number of aromatic nitrogens is 2. The van der Waals surface area contributed by atoms with E-state index in [-0.39, 0.29) is 11.7 Å². The van der Waals surface area contributed by atoms with Gasteiger partial charge in [0.15, 0.2) is 0 Å². The van der Waals surface area contributed by atoms with Gasteiger partial charge in [0.05, 0.1) is 17.1 Å². The van der Waals surface area contributed by atoms with Gasteiger partial charge in [0.25, 0.3) is 0 Å². The molecule has 28 heavy (non-hydrogen) atoms. The molecule has 0 spiro atoms. The summed E-state index contributed by atoms with van der Waals surface area (Å²) in [6.07, 6.45) is 2.21. The highest BCUT2D eigenvalue weighted by atomic mass is 16.1. The van der Waals surface area contributed by atoms with Gasteiger partial charge < -0.3 is 15.5 Å². The van der Waals surface area contributed by atoms with Gasteiger partial charge in [-0.05, 0) is 43.5 Å². The lowest BCUT2D eigenvalue weighted by Gasteiger charge is -2.39. The summed E-state index contributed by atoms with van der Waals surface area (Å²) in [7, 11) is 1.91. The van der Waals surface area contributed by atoms with Crippen LogP contribution in [0.25, 0.3) is 11.0 Å². The Labute approximate surface area is 166 Å². The number of nitrogens with one attached hydrogen (secondary N) is 2. The molecule has 3 fully saturated rings. The highest BCUT2D eigenvalue weighted by molar-refractivity contribution is 5.80. The lowest BCUT2D eigenvalue weighted by Crippen LogP contribution is -2.53. The van der Waals surface area contributed by atoms with E-state index in [2.05, 4.69) is 38.6 Å². The van der Waals surface area contributed by atoms with Crippen molar-refractivity contribution in [2.75, 3.05) is 63.8 Å². The lowest BCUT2D eigenvalue weighted by molar-refractivity contribution is 0.184. The number of benzene rings is 1. The molecule has 0 radical (unpaired) electrons. The van der Waals surface area contributed by atoms with Crippen molar-refractivity contribution in [1.82, 2.24) is 24.7 Å². The summed E-state index contributed by atoms with van der Waals surface area (Å²) in [6.45, 7) is 9.91. The molecule has 0 saturated carbocycles. The van der Waals surface area contributed by atoms with Gasteiger partial charge in [-0.2, -0.15) is 0 Å². The van der Waals surface area contributed by atoms with Crippen molar-refractivity contribution < 1.29 is 0 Å². The summed E-state index contributed by atoms with van der Waals surface area (Å²) in [5.41, 5.74) is 3.48. The van der Waals surface area contributed by atoms with Gasteiger partial charge in [-0.15, -0.1) is 0 Å². The van der Waals surface area contributed by atoms with E-state index < -0.39 is 0 Å². The predicted molar refractivity (Wildman–Crippen MR) is 113 cm³/mol. The van der Waals surface area contributed by atoms with Crippen LogP contribution in [0.3, 0.4) is 0 Å². The summed E-state index contributed by atoms with van der Waals surface area (Å²) in [4.78, 5) is 18.0. The Morgan fingerprint density at radius 2 is 1.86 bits per heavy atom. The van der Waals surface area contributed by atoms with Crippen molar-refractivity contribution >= 4 is 16.7 Å². The first-order chi connectivity index (χ1) is 13.7. The zero-order valence-electron chi connectivity index (χ0n) is 16.9. The number of imidazole rings is 1. The average molecular weight is 385 g/mol. The standard InChI is InChI=1S/C21H32N6O/c1-24-20-11-17(26-9-7-25(8-10-26)15-16-12-23-13-16)4-5-19(20)27(21(24)28)18-3-2-6-22-14-18/h4-5,11,16,18,22-23H,2-3,6-10,12-15H2,1H3. The van der Waals surface area contributed by atoms with E-state index >= 15 is 0 Å². The topological polar surface area (TPSA) is 57.5 Å². The molecular weight excluding hydrogens is 352 g/mol. The van der Waals surface area contributed by atoms with Gasteiger partial charge in [-0.1, -0.05) is 0 Å². The van der Waals surface area contributed by atoms with E-state index in [0.717, 1.165) is 69.1 Å². The number of hydrogen-bond donors (Lipinski definition) is 2. The maximum atomic E-state index is 12.9. The summed E-state index contributed by atoms with van der Waals surface area (Å²) < 4.78 is 3.84. The number of anilines is 1. The molecule has 7 heteroatoms. The molecule has 5 rings (SSSR count). The number of hydrogen-bond acceptors (Lipinski definition) is 5. The number of rotatable bonds is 4. The molecule has 1 aromatic heterocycles. The molecule has 3 aliphatic heterocycles. The van der Waals surface area contributed by atoms with Crippen LogP contribution in [-0.2, 0) is 7.05 Å². The van der Waals surface area contributed by atoms with Crippen molar-refractivity contribution in [3.63, 3.8) is 0 Å². The summed E-state index contributed by atoms with van der Waals surface area (Å²) >= 11 is 0. The van der Waals surface area contributed by atoms with Crippen molar-refractivity contribution in [2.45, 2.75) is 18.9 Å². The minimum atomic E-state index is 0.111. The SMILES string of the molecule is Cn1c(=O)n(C2CCCNC2)c2ccc(N3CCN(CC4CNC4)CC3)cc21. The second-order valence-electron chi connectivity index (χ2n) is 8.70. The smallest absolute Gasteiger partial charge is 0.329 e. The van der Waals surface area contributed by atoms with Crippen LogP contribution in [0.5, 0.6) is 0 Å². The molecule has 2 aromatic rings.